The highest BCUT2D eigenvalue weighted by molar-refractivity contribution is 5.80. The van der Waals surface area contributed by atoms with Crippen LogP contribution < -0.4 is 21.9 Å². The minimum atomic E-state index is 0.0226. The maximum Gasteiger partial charge on any atom is 0.221 e. The van der Waals surface area contributed by atoms with Gasteiger partial charge in [-0.05, 0) is 20.3 Å². The third kappa shape index (κ3) is 8.05. The van der Waals surface area contributed by atoms with Gasteiger partial charge in [-0.2, -0.15) is 0 Å². The van der Waals surface area contributed by atoms with Crippen LogP contribution >= 0.6 is 0 Å². The molecule has 0 aromatic carbocycles. The summed E-state index contributed by atoms with van der Waals surface area (Å²) in [6.07, 6.45) is 1.37. The summed E-state index contributed by atoms with van der Waals surface area (Å²) >= 11 is 0. The van der Waals surface area contributed by atoms with Gasteiger partial charge in [0.25, 0.3) is 0 Å². The number of guanidine groups is 1. The summed E-state index contributed by atoms with van der Waals surface area (Å²) in [6.45, 7) is 7.13. The molecule has 16 heavy (non-hydrogen) atoms. The molecule has 0 radical (unpaired) electrons. The molecular weight excluding hydrogens is 206 g/mol. The normalized spacial score (nSPS) is 11.4. The van der Waals surface area contributed by atoms with Crippen molar-refractivity contribution in [2.75, 3.05) is 13.1 Å². The molecule has 0 saturated carbocycles. The first-order valence-corrected chi connectivity index (χ1v) is 5.64. The SMILES string of the molecule is CCCN=C(NN)NCCC(=O)NC(C)C. The van der Waals surface area contributed by atoms with Crippen LogP contribution in [0.5, 0.6) is 0 Å². The van der Waals surface area contributed by atoms with Crippen molar-refractivity contribution in [1.29, 1.82) is 0 Å². The lowest BCUT2D eigenvalue weighted by molar-refractivity contribution is -0.121. The van der Waals surface area contributed by atoms with Gasteiger partial charge in [0.1, 0.15) is 0 Å². The number of hydrogen-bond acceptors (Lipinski definition) is 3. The van der Waals surface area contributed by atoms with Crippen molar-refractivity contribution < 1.29 is 4.79 Å². The molecule has 0 aliphatic rings. The maximum absolute atomic E-state index is 11.3. The summed E-state index contributed by atoms with van der Waals surface area (Å²) in [5.74, 6) is 5.82. The van der Waals surface area contributed by atoms with Crippen LogP contribution in [0.1, 0.15) is 33.6 Å². The summed E-state index contributed by atoms with van der Waals surface area (Å²) in [5.41, 5.74) is 2.46. The molecule has 1 amide bonds. The van der Waals surface area contributed by atoms with Crippen molar-refractivity contribution in [1.82, 2.24) is 16.1 Å². The first-order valence-electron chi connectivity index (χ1n) is 5.64. The molecule has 94 valence electrons. The van der Waals surface area contributed by atoms with E-state index in [9.17, 15) is 4.79 Å². The fraction of sp³-hybridized carbons (Fsp3) is 0.800. The molecule has 0 aromatic heterocycles. The number of carbonyl (C=O) groups is 1. The standard InChI is InChI=1S/C10H23N5O/c1-4-6-12-10(15-11)13-7-5-9(16)14-8(2)3/h8H,4-7,11H2,1-3H3,(H,14,16)(H2,12,13,15). The summed E-state index contributed by atoms with van der Waals surface area (Å²) < 4.78 is 0. The van der Waals surface area contributed by atoms with E-state index in [4.69, 9.17) is 5.84 Å². The molecule has 0 rings (SSSR count). The van der Waals surface area contributed by atoms with E-state index in [0.717, 1.165) is 6.42 Å². The lowest BCUT2D eigenvalue weighted by Crippen LogP contribution is -2.43. The highest BCUT2D eigenvalue weighted by atomic mass is 16.1. The second-order valence-electron chi connectivity index (χ2n) is 3.77. The highest BCUT2D eigenvalue weighted by Gasteiger charge is 2.03. The zero-order chi connectivity index (χ0) is 12.4. The first kappa shape index (κ1) is 14.7. The minimum Gasteiger partial charge on any atom is -0.355 e. The van der Waals surface area contributed by atoms with Crippen LogP contribution in [0.3, 0.4) is 0 Å². The number of nitrogens with one attached hydrogen (secondary N) is 3. The van der Waals surface area contributed by atoms with Crippen molar-refractivity contribution in [3.63, 3.8) is 0 Å². The number of nitrogens with two attached hydrogens (primary N) is 1. The largest absolute Gasteiger partial charge is 0.355 e. The Kier molecular flexibility index (Phi) is 8.24. The lowest BCUT2D eigenvalue weighted by Gasteiger charge is -2.10. The molecular formula is C10H23N5O. The van der Waals surface area contributed by atoms with Crippen LogP contribution in [0, 0.1) is 0 Å². The Morgan fingerprint density at radius 1 is 1.44 bits per heavy atom. The molecule has 0 atom stereocenters. The molecule has 5 N–H and O–H groups in total. The van der Waals surface area contributed by atoms with E-state index in [1.165, 1.54) is 0 Å². The number of aliphatic imine (C=N–C) groups is 1. The van der Waals surface area contributed by atoms with Gasteiger partial charge < -0.3 is 10.6 Å². The van der Waals surface area contributed by atoms with Crippen LogP contribution in [0.25, 0.3) is 0 Å². The minimum absolute atomic E-state index is 0.0226. The molecule has 0 fully saturated rings. The molecule has 6 nitrogen and oxygen atoms in total. The second kappa shape index (κ2) is 8.96. The molecule has 0 bridgehead atoms. The van der Waals surface area contributed by atoms with Crippen molar-refractivity contribution in [3.8, 4) is 0 Å². The molecule has 0 aliphatic heterocycles. The van der Waals surface area contributed by atoms with Gasteiger partial charge in [-0.15, -0.1) is 0 Å². The number of hydrogen-bond donors (Lipinski definition) is 4. The predicted octanol–water partition coefficient (Wildman–Crippen LogP) is -0.280. The molecule has 0 spiro atoms. The molecule has 0 aliphatic carbocycles. The van der Waals surface area contributed by atoms with Crippen LogP contribution in [0.15, 0.2) is 4.99 Å². The van der Waals surface area contributed by atoms with Gasteiger partial charge in [0.2, 0.25) is 11.9 Å². The van der Waals surface area contributed by atoms with Crippen LogP contribution in [0.4, 0.5) is 0 Å². The fourth-order valence-corrected chi connectivity index (χ4v) is 1.06. The van der Waals surface area contributed by atoms with Gasteiger partial charge >= 0.3 is 0 Å². The summed E-state index contributed by atoms with van der Waals surface area (Å²) in [4.78, 5) is 15.5. The number of hydrazine groups is 1. The molecule has 0 saturated heterocycles. The smallest absolute Gasteiger partial charge is 0.221 e. The van der Waals surface area contributed by atoms with E-state index in [1.54, 1.807) is 0 Å². The average molecular weight is 229 g/mol. The van der Waals surface area contributed by atoms with Crippen molar-refractivity contribution in [2.45, 2.75) is 39.7 Å². The summed E-state index contributed by atoms with van der Waals surface area (Å²) in [5, 5.41) is 5.77. The van der Waals surface area contributed by atoms with E-state index >= 15 is 0 Å². The summed E-state index contributed by atoms with van der Waals surface area (Å²) in [6, 6.07) is 0.174. The predicted molar refractivity (Wildman–Crippen MR) is 65.8 cm³/mol. The Balaban J connectivity index is 3.74. The molecule has 0 heterocycles. The Hall–Kier alpha value is -1.30. The van der Waals surface area contributed by atoms with Crippen molar-refractivity contribution in [3.05, 3.63) is 0 Å². The van der Waals surface area contributed by atoms with Crippen LogP contribution in [0.2, 0.25) is 0 Å². The quantitative estimate of drug-likeness (QED) is 0.218. The highest BCUT2D eigenvalue weighted by Crippen LogP contribution is 1.83. The van der Waals surface area contributed by atoms with Crippen molar-refractivity contribution >= 4 is 11.9 Å². The van der Waals surface area contributed by atoms with Gasteiger partial charge in [-0.1, -0.05) is 6.92 Å². The van der Waals surface area contributed by atoms with Gasteiger partial charge in [0, 0.05) is 25.6 Å². The Bertz CT molecular complexity index is 227. The van der Waals surface area contributed by atoms with E-state index in [1.807, 2.05) is 20.8 Å². The van der Waals surface area contributed by atoms with E-state index in [0.29, 0.717) is 25.5 Å². The summed E-state index contributed by atoms with van der Waals surface area (Å²) in [7, 11) is 0. The van der Waals surface area contributed by atoms with Crippen molar-refractivity contribution in [2.24, 2.45) is 10.8 Å². The second-order valence-corrected chi connectivity index (χ2v) is 3.77. The average Bonchev–Trinajstić information content (AvgIpc) is 2.22. The number of amides is 1. The fourth-order valence-electron chi connectivity index (χ4n) is 1.06. The lowest BCUT2D eigenvalue weighted by atomic mass is 10.3. The number of carbonyl (C=O) groups excluding carboxylic acids is 1. The third-order valence-corrected chi connectivity index (χ3v) is 1.72. The van der Waals surface area contributed by atoms with E-state index < -0.39 is 0 Å². The number of rotatable bonds is 6. The number of nitrogens with zero attached hydrogens (tertiary/aromatic N) is 1. The zero-order valence-corrected chi connectivity index (χ0v) is 10.3. The molecule has 0 unspecified atom stereocenters. The van der Waals surface area contributed by atoms with E-state index in [2.05, 4.69) is 21.1 Å². The van der Waals surface area contributed by atoms with Crippen LogP contribution in [-0.4, -0.2) is 31.0 Å². The topological polar surface area (TPSA) is 91.5 Å². The van der Waals surface area contributed by atoms with Gasteiger partial charge in [0.15, 0.2) is 0 Å². The first-order chi connectivity index (χ1) is 7.60. The third-order valence-electron chi connectivity index (χ3n) is 1.72. The van der Waals surface area contributed by atoms with Crippen LogP contribution in [-0.2, 0) is 4.79 Å². The maximum atomic E-state index is 11.3. The Morgan fingerprint density at radius 3 is 2.62 bits per heavy atom. The molecule has 6 heteroatoms. The van der Waals surface area contributed by atoms with Gasteiger partial charge in [-0.25, -0.2) is 5.84 Å². The molecule has 0 aromatic rings. The zero-order valence-electron chi connectivity index (χ0n) is 10.3. The van der Waals surface area contributed by atoms with E-state index in [-0.39, 0.29) is 11.9 Å². The Morgan fingerprint density at radius 2 is 2.12 bits per heavy atom. The van der Waals surface area contributed by atoms with Gasteiger partial charge in [0.05, 0.1) is 0 Å². The Labute approximate surface area is 97.0 Å². The van der Waals surface area contributed by atoms with Gasteiger partial charge in [-0.3, -0.25) is 15.2 Å². The monoisotopic (exact) mass is 229 g/mol.